The van der Waals surface area contributed by atoms with E-state index in [1.165, 1.54) is 6.20 Å². The standard InChI is InChI=1S/C18H13ClF4N6O2/c19-14-12(6-27-28-16(14)30)29-4-3-24-15-11(7-29)25-8-26-17(15)31-13-2-1-9(20)5-10(13)18(21,22)23/h1-2,5-6,8,24H,3-4,7H2,(H,28,30). The number of hydrogen-bond acceptors (Lipinski definition) is 7. The fourth-order valence-corrected chi connectivity index (χ4v) is 3.28. The summed E-state index contributed by atoms with van der Waals surface area (Å²) in [4.78, 5) is 21.6. The SMILES string of the molecule is O=c1[nH]ncc(N2CCNc3c(ncnc3Oc3ccc(F)cc3C(F)(F)F)C2)c1Cl. The zero-order valence-corrected chi connectivity index (χ0v) is 16.3. The molecule has 0 fully saturated rings. The third kappa shape index (κ3) is 4.24. The molecular weight excluding hydrogens is 444 g/mol. The predicted molar refractivity (Wildman–Crippen MR) is 103 cm³/mol. The number of nitrogens with zero attached hydrogens (tertiary/aromatic N) is 4. The van der Waals surface area contributed by atoms with E-state index in [0.29, 0.717) is 30.5 Å². The normalized spacial score (nSPS) is 13.9. The minimum atomic E-state index is -4.82. The van der Waals surface area contributed by atoms with E-state index >= 15 is 0 Å². The van der Waals surface area contributed by atoms with Gasteiger partial charge in [0, 0.05) is 13.1 Å². The van der Waals surface area contributed by atoms with Crippen molar-refractivity contribution in [2.45, 2.75) is 12.7 Å². The highest BCUT2D eigenvalue weighted by atomic mass is 35.5. The van der Waals surface area contributed by atoms with Crippen LogP contribution in [0.15, 0.2) is 35.5 Å². The molecule has 0 saturated carbocycles. The van der Waals surface area contributed by atoms with Crippen molar-refractivity contribution in [3.05, 3.63) is 63.2 Å². The van der Waals surface area contributed by atoms with Crippen LogP contribution in [0.2, 0.25) is 5.02 Å². The van der Waals surface area contributed by atoms with E-state index in [4.69, 9.17) is 16.3 Å². The van der Waals surface area contributed by atoms with Crippen LogP contribution in [0.1, 0.15) is 11.3 Å². The number of H-pyrrole nitrogens is 1. The van der Waals surface area contributed by atoms with Crippen LogP contribution < -0.4 is 20.5 Å². The Hall–Kier alpha value is -3.41. The summed E-state index contributed by atoms with van der Waals surface area (Å²) in [5.41, 5.74) is -0.777. The van der Waals surface area contributed by atoms with Gasteiger partial charge in [0.2, 0.25) is 5.88 Å². The second-order valence-corrected chi connectivity index (χ2v) is 6.87. The van der Waals surface area contributed by atoms with E-state index in [1.54, 1.807) is 4.90 Å². The zero-order chi connectivity index (χ0) is 22.2. The van der Waals surface area contributed by atoms with Gasteiger partial charge >= 0.3 is 6.18 Å². The number of anilines is 2. The molecule has 3 aromatic rings. The molecule has 4 rings (SSSR count). The minimum absolute atomic E-state index is 0.0508. The monoisotopic (exact) mass is 456 g/mol. The summed E-state index contributed by atoms with van der Waals surface area (Å²) in [5.74, 6) is -1.79. The fourth-order valence-electron chi connectivity index (χ4n) is 3.07. The number of nitrogens with one attached hydrogen (secondary N) is 2. The van der Waals surface area contributed by atoms with Gasteiger partial charge in [0.1, 0.15) is 34.2 Å². The van der Waals surface area contributed by atoms with Gasteiger partial charge in [-0.1, -0.05) is 11.6 Å². The van der Waals surface area contributed by atoms with Gasteiger partial charge in [-0.3, -0.25) is 4.79 Å². The Labute approximate surface area is 176 Å². The highest BCUT2D eigenvalue weighted by Gasteiger charge is 2.35. The summed E-state index contributed by atoms with van der Waals surface area (Å²) in [5, 5.41) is 8.94. The van der Waals surface area contributed by atoms with Crippen molar-refractivity contribution in [3.63, 3.8) is 0 Å². The number of aromatic nitrogens is 4. The fraction of sp³-hybridized carbons (Fsp3) is 0.222. The second-order valence-electron chi connectivity index (χ2n) is 6.49. The molecule has 0 atom stereocenters. The third-order valence-electron chi connectivity index (χ3n) is 4.49. The van der Waals surface area contributed by atoms with Gasteiger partial charge in [0.25, 0.3) is 5.56 Å². The first-order valence-electron chi connectivity index (χ1n) is 8.84. The summed E-state index contributed by atoms with van der Waals surface area (Å²) in [6.07, 6.45) is -2.30. The second kappa shape index (κ2) is 8.02. The molecule has 3 heterocycles. The summed E-state index contributed by atoms with van der Waals surface area (Å²) in [7, 11) is 0. The molecule has 0 saturated heterocycles. The average molecular weight is 457 g/mol. The van der Waals surface area contributed by atoms with Crippen LogP contribution >= 0.6 is 11.6 Å². The molecule has 0 bridgehead atoms. The van der Waals surface area contributed by atoms with E-state index in [9.17, 15) is 22.4 Å². The van der Waals surface area contributed by atoms with E-state index in [1.807, 2.05) is 0 Å². The van der Waals surface area contributed by atoms with Gasteiger partial charge in [-0.25, -0.2) is 14.5 Å². The van der Waals surface area contributed by atoms with Crippen molar-refractivity contribution in [1.29, 1.82) is 0 Å². The Morgan fingerprint density at radius 2 is 2.03 bits per heavy atom. The smallest absolute Gasteiger partial charge is 0.420 e. The maximum absolute atomic E-state index is 13.4. The summed E-state index contributed by atoms with van der Waals surface area (Å²) in [6.45, 7) is 0.849. The number of hydrogen-bond donors (Lipinski definition) is 2. The minimum Gasteiger partial charge on any atom is -0.436 e. The predicted octanol–water partition coefficient (Wildman–Crippen LogP) is 3.60. The number of alkyl halides is 3. The van der Waals surface area contributed by atoms with Crippen LogP contribution in [-0.4, -0.2) is 33.3 Å². The van der Waals surface area contributed by atoms with E-state index < -0.39 is 28.9 Å². The van der Waals surface area contributed by atoms with Gasteiger partial charge in [0.05, 0.1) is 24.1 Å². The summed E-state index contributed by atoms with van der Waals surface area (Å²) >= 11 is 6.08. The van der Waals surface area contributed by atoms with Gasteiger partial charge in [-0.05, 0) is 18.2 Å². The molecular formula is C18H13ClF4N6O2. The summed E-state index contributed by atoms with van der Waals surface area (Å²) in [6, 6.07) is 2.10. The van der Waals surface area contributed by atoms with E-state index in [0.717, 1.165) is 18.5 Å². The quantitative estimate of drug-likeness (QED) is 0.581. The van der Waals surface area contributed by atoms with Crippen molar-refractivity contribution in [2.75, 3.05) is 23.3 Å². The van der Waals surface area contributed by atoms with Crippen molar-refractivity contribution in [2.24, 2.45) is 0 Å². The highest BCUT2D eigenvalue weighted by molar-refractivity contribution is 6.33. The topological polar surface area (TPSA) is 96.0 Å². The van der Waals surface area contributed by atoms with Gasteiger partial charge in [-0.15, -0.1) is 0 Å². The number of aromatic amines is 1. The van der Waals surface area contributed by atoms with Crippen LogP contribution in [0.4, 0.5) is 28.9 Å². The van der Waals surface area contributed by atoms with Crippen molar-refractivity contribution < 1.29 is 22.3 Å². The number of rotatable bonds is 3. The lowest BCUT2D eigenvalue weighted by Gasteiger charge is -2.22. The molecule has 0 unspecified atom stereocenters. The largest absolute Gasteiger partial charge is 0.436 e. The van der Waals surface area contributed by atoms with Crippen molar-refractivity contribution in [3.8, 4) is 11.6 Å². The molecule has 0 spiro atoms. The molecule has 1 aliphatic rings. The van der Waals surface area contributed by atoms with Gasteiger partial charge < -0.3 is 15.0 Å². The van der Waals surface area contributed by atoms with Crippen molar-refractivity contribution in [1.82, 2.24) is 20.2 Å². The number of benzene rings is 1. The molecule has 8 nitrogen and oxygen atoms in total. The molecule has 13 heteroatoms. The van der Waals surface area contributed by atoms with Gasteiger partial charge in [-0.2, -0.15) is 23.3 Å². The first kappa shape index (κ1) is 20.8. The van der Waals surface area contributed by atoms with Gasteiger partial charge in [0.15, 0.2) is 0 Å². The Balaban J connectivity index is 1.69. The summed E-state index contributed by atoms with van der Waals surface area (Å²) < 4.78 is 58.7. The molecule has 1 aromatic carbocycles. The molecule has 1 aliphatic heterocycles. The molecule has 2 N–H and O–H groups in total. The molecule has 2 aromatic heterocycles. The Kier molecular flexibility index (Phi) is 5.39. The highest BCUT2D eigenvalue weighted by Crippen LogP contribution is 2.40. The average Bonchev–Trinajstić information content (AvgIpc) is 2.94. The number of halogens is 5. The molecule has 0 radical (unpaired) electrons. The Bertz CT molecular complexity index is 1190. The van der Waals surface area contributed by atoms with Crippen LogP contribution in [0.25, 0.3) is 0 Å². The third-order valence-corrected chi connectivity index (χ3v) is 4.85. The Morgan fingerprint density at radius 3 is 2.81 bits per heavy atom. The lowest BCUT2D eigenvalue weighted by molar-refractivity contribution is -0.138. The molecule has 0 aliphatic carbocycles. The maximum atomic E-state index is 13.4. The number of fused-ring (bicyclic) bond motifs is 1. The van der Waals surface area contributed by atoms with E-state index in [2.05, 4.69) is 25.5 Å². The molecule has 31 heavy (non-hydrogen) atoms. The Morgan fingerprint density at radius 1 is 1.23 bits per heavy atom. The maximum Gasteiger partial charge on any atom is 0.420 e. The van der Waals surface area contributed by atoms with E-state index in [-0.39, 0.29) is 23.1 Å². The van der Waals surface area contributed by atoms with Crippen LogP contribution in [0, 0.1) is 5.82 Å². The first-order valence-corrected chi connectivity index (χ1v) is 9.22. The molecule has 162 valence electrons. The molecule has 0 amide bonds. The lowest BCUT2D eigenvalue weighted by Crippen LogP contribution is -2.28. The van der Waals surface area contributed by atoms with Crippen LogP contribution in [-0.2, 0) is 12.7 Å². The zero-order valence-electron chi connectivity index (χ0n) is 15.5. The lowest BCUT2D eigenvalue weighted by atomic mass is 10.2. The van der Waals surface area contributed by atoms with Crippen LogP contribution in [0.3, 0.4) is 0 Å². The number of ether oxygens (including phenoxy) is 1. The van der Waals surface area contributed by atoms with Crippen LogP contribution in [0.5, 0.6) is 11.6 Å². The first-order chi connectivity index (χ1) is 14.7. The van der Waals surface area contributed by atoms with Crippen molar-refractivity contribution >= 4 is 23.0 Å².